The van der Waals surface area contributed by atoms with E-state index in [2.05, 4.69) is 55.4 Å². The number of fused-ring (bicyclic) bond motifs is 1. The molecule has 0 aliphatic heterocycles. The number of aliphatic hydroxyl groups is 1. The lowest BCUT2D eigenvalue weighted by Crippen LogP contribution is -2.34. The highest BCUT2D eigenvalue weighted by molar-refractivity contribution is 6.27. The molecule has 0 heterocycles. The SMILES string of the molecule is COc1cccc(C2CCCc3ccccc3C2(O)CCCN(C)C)c1.O=C(O)C(=O)O. The smallest absolute Gasteiger partial charge is 0.414 e. The van der Waals surface area contributed by atoms with Crippen LogP contribution in [0.15, 0.2) is 48.5 Å². The monoisotopic (exact) mass is 443 g/mol. The lowest BCUT2D eigenvalue weighted by atomic mass is 9.73. The highest BCUT2D eigenvalue weighted by Crippen LogP contribution is 2.47. The molecular weight excluding hydrogens is 410 g/mol. The first kappa shape index (κ1) is 25.4. The Bertz CT molecular complexity index is 901. The number of nitrogens with zero attached hydrogens (tertiary/aromatic N) is 1. The number of hydrogen-bond acceptors (Lipinski definition) is 5. The van der Waals surface area contributed by atoms with Gasteiger partial charge < -0.3 is 25.0 Å². The topological polar surface area (TPSA) is 107 Å². The van der Waals surface area contributed by atoms with Gasteiger partial charge in [0.25, 0.3) is 0 Å². The lowest BCUT2D eigenvalue weighted by molar-refractivity contribution is -0.159. The maximum atomic E-state index is 12.0. The zero-order chi connectivity index (χ0) is 23.7. The van der Waals surface area contributed by atoms with Crippen molar-refractivity contribution >= 4 is 11.9 Å². The van der Waals surface area contributed by atoms with Crippen LogP contribution in [0.5, 0.6) is 5.75 Å². The molecular formula is C25H33NO6. The molecule has 0 saturated carbocycles. The van der Waals surface area contributed by atoms with E-state index in [4.69, 9.17) is 24.5 Å². The van der Waals surface area contributed by atoms with Crippen LogP contribution in [-0.2, 0) is 21.6 Å². The predicted molar refractivity (Wildman–Crippen MR) is 122 cm³/mol. The van der Waals surface area contributed by atoms with Gasteiger partial charge in [0.2, 0.25) is 0 Å². The molecule has 1 aliphatic carbocycles. The van der Waals surface area contributed by atoms with Crippen molar-refractivity contribution in [1.82, 2.24) is 4.90 Å². The van der Waals surface area contributed by atoms with Crippen molar-refractivity contribution in [3.8, 4) is 5.75 Å². The van der Waals surface area contributed by atoms with Crippen molar-refractivity contribution < 1.29 is 29.6 Å². The Labute approximate surface area is 189 Å². The van der Waals surface area contributed by atoms with Gasteiger partial charge in [0, 0.05) is 5.92 Å². The van der Waals surface area contributed by atoms with Crippen LogP contribution in [0, 0.1) is 0 Å². The van der Waals surface area contributed by atoms with Crippen molar-refractivity contribution in [2.24, 2.45) is 0 Å². The van der Waals surface area contributed by atoms with Gasteiger partial charge in [0.1, 0.15) is 5.75 Å². The molecule has 0 fully saturated rings. The molecule has 0 spiro atoms. The largest absolute Gasteiger partial charge is 0.497 e. The molecule has 2 aromatic rings. The van der Waals surface area contributed by atoms with Gasteiger partial charge in [-0.05, 0) is 81.6 Å². The van der Waals surface area contributed by atoms with E-state index < -0.39 is 17.5 Å². The minimum atomic E-state index is -1.82. The first-order chi connectivity index (χ1) is 15.2. The summed E-state index contributed by atoms with van der Waals surface area (Å²) < 4.78 is 5.44. The molecule has 0 aromatic heterocycles. The molecule has 3 N–H and O–H groups in total. The first-order valence-electron chi connectivity index (χ1n) is 10.7. The normalized spacial score (nSPS) is 19.8. The van der Waals surface area contributed by atoms with Crippen LogP contribution in [0.4, 0.5) is 0 Å². The van der Waals surface area contributed by atoms with E-state index in [1.54, 1.807) is 7.11 Å². The summed E-state index contributed by atoms with van der Waals surface area (Å²) in [6.07, 6.45) is 4.85. The average molecular weight is 444 g/mol. The van der Waals surface area contributed by atoms with Crippen molar-refractivity contribution in [2.45, 2.75) is 43.6 Å². The minimum Gasteiger partial charge on any atom is -0.497 e. The Morgan fingerprint density at radius 1 is 1.09 bits per heavy atom. The van der Waals surface area contributed by atoms with E-state index >= 15 is 0 Å². The number of aryl methyl sites for hydroxylation is 1. The minimum absolute atomic E-state index is 0.0865. The fourth-order valence-electron chi connectivity index (χ4n) is 4.36. The molecule has 7 nitrogen and oxygen atoms in total. The zero-order valence-electron chi connectivity index (χ0n) is 19.0. The summed E-state index contributed by atoms with van der Waals surface area (Å²) in [4.78, 5) is 20.4. The maximum absolute atomic E-state index is 12.0. The molecule has 7 heteroatoms. The molecule has 0 radical (unpaired) electrons. The Kier molecular flexibility index (Phi) is 9.23. The second kappa shape index (κ2) is 11.6. The van der Waals surface area contributed by atoms with Gasteiger partial charge >= 0.3 is 11.9 Å². The van der Waals surface area contributed by atoms with Gasteiger partial charge in [-0.25, -0.2) is 9.59 Å². The van der Waals surface area contributed by atoms with E-state index in [9.17, 15) is 5.11 Å². The summed E-state index contributed by atoms with van der Waals surface area (Å²) in [5.74, 6) is -2.70. The fourth-order valence-corrected chi connectivity index (χ4v) is 4.36. The zero-order valence-corrected chi connectivity index (χ0v) is 19.0. The Balaban J connectivity index is 0.000000534. The molecule has 174 valence electrons. The van der Waals surface area contributed by atoms with Gasteiger partial charge in [-0.15, -0.1) is 0 Å². The van der Waals surface area contributed by atoms with Gasteiger partial charge in [0.05, 0.1) is 12.7 Å². The average Bonchev–Trinajstić information content (AvgIpc) is 2.91. The summed E-state index contributed by atoms with van der Waals surface area (Å²) >= 11 is 0. The van der Waals surface area contributed by atoms with E-state index in [1.165, 1.54) is 11.1 Å². The van der Waals surface area contributed by atoms with Crippen molar-refractivity contribution in [3.63, 3.8) is 0 Å². The quantitative estimate of drug-likeness (QED) is 0.463. The number of rotatable bonds is 6. The maximum Gasteiger partial charge on any atom is 0.414 e. The number of benzene rings is 2. The van der Waals surface area contributed by atoms with Crippen molar-refractivity contribution in [2.75, 3.05) is 27.7 Å². The van der Waals surface area contributed by atoms with Crippen LogP contribution >= 0.6 is 0 Å². The van der Waals surface area contributed by atoms with E-state index in [0.717, 1.165) is 50.0 Å². The number of carbonyl (C=O) groups is 2. The molecule has 32 heavy (non-hydrogen) atoms. The Morgan fingerprint density at radius 3 is 2.41 bits per heavy atom. The van der Waals surface area contributed by atoms with Crippen LogP contribution in [0.1, 0.15) is 48.3 Å². The highest BCUT2D eigenvalue weighted by atomic mass is 16.5. The van der Waals surface area contributed by atoms with E-state index in [-0.39, 0.29) is 5.92 Å². The number of carboxylic acid groups (broad SMARTS) is 2. The summed E-state index contributed by atoms with van der Waals surface area (Å²) in [5, 5.41) is 26.8. The summed E-state index contributed by atoms with van der Waals surface area (Å²) in [6.45, 7) is 0.981. The number of methoxy groups -OCH3 is 1. The van der Waals surface area contributed by atoms with E-state index in [0.29, 0.717) is 0 Å². The molecule has 3 rings (SSSR count). The Morgan fingerprint density at radius 2 is 1.78 bits per heavy atom. The molecule has 0 amide bonds. The summed E-state index contributed by atoms with van der Waals surface area (Å²) in [6, 6.07) is 16.7. The standard InChI is InChI=1S/C23H31NO2.C2H2O4/c1-24(2)16-8-15-23(25)21-13-5-4-9-18(21)10-7-14-22(23)19-11-6-12-20(17-19)26-3;3-1(4)2(5)6/h4-6,9,11-13,17,22,25H,7-8,10,14-16H2,1-3H3;(H,3,4)(H,5,6). The van der Waals surface area contributed by atoms with Crippen molar-refractivity contribution in [3.05, 3.63) is 65.2 Å². The number of carboxylic acids is 2. The van der Waals surface area contributed by atoms with Crippen LogP contribution in [-0.4, -0.2) is 59.9 Å². The summed E-state index contributed by atoms with van der Waals surface area (Å²) in [7, 11) is 5.88. The third-order valence-corrected chi connectivity index (χ3v) is 5.84. The second-order valence-electron chi connectivity index (χ2n) is 8.32. The third-order valence-electron chi connectivity index (χ3n) is 5.84. The highest BCUT2D eigenvalue weighted by Gasteiger charge is 2.41. The van der Waals surface area contributed by atoms with Gasteiger partial charge in [-0.2, -0.15) is 0 Å². The molecule has 2 unspecified atom stereocenters. The predicted octanol–water partition coefficient (Wildman–Crippen LogP) is 3.50. The molecule has 2 atom stereocenters. The molecule has 1 aliphatic rings. The molecule has 2 aromatic carbocycles. The molecule has 0 saturated heterocycles. The van der Waals surface area contributed by atoms with Gasteiger partial charge in [-0.1, -0.05) is 36.4 Å². The van der Waals surface area contributed by atoms with E-state index in [1.807, 2.05) is 12.1 Å². The second-order valence-corrected chi connectivity index (χ2v) is 8.32. The Hall–Kier alpha value is -2.90. The van der Waals surface area contributed by atoms with Crippen LogP contribution < -0.4 is 4.74 Å². The molecule has 0 bridgehead atoms. The van der Waals surface area contributed by atoms with Gasteiger partial charge in [-0.3, -0.25) is 0 Å². The summed E-state index contributed by atoms with van der Waals surface area (Å²) in [5.41, 5.74) is 2.75. The van der Waals surface area contributed by atoms with Crippen LogP contribution in [0.3, 0.4) is 0 Å². The van der Waals surface area contributed by atoms with Crippen LogP contribution in [0.25, 0.3) is 0 Å². The third kappa shape index (κ3) is 6.55. The van der Waals surface area contributed by atoms with Gasteiger partial charge in [0.15, 0.2) is 0 Å². The lowest BCUT2D eigenvalue weighted by Gasteiger charge is -2.37. The van der Waals surface area contributed by atoms with Crippen LogP contribution in [0.2, 0.25) is 0 Å². The number of aliphatic carboxylic acids is 2. The first-order valence-corrected chi connectivity index (χ1v) is 10.7. The fraction of sp³-hybridized carbons (Fsp3) is 0.440. The van der Waals surface area contributed by atoms with Crippen molar-refractivity contribution in [1.29, 1.82) is 0 Å². The number of ether oxygens (including phenoxy) is 1. The number of hydrogen-bond donors (Lipinski definition) is 3.